The molecule has 0 fully saturated rings. The van der Waals surface area contributed by atoms with Gasteiger partial charge in [0.05, 0.1) is 17.9 Å². The van der Waals surface area contributed by atoms with E-state index < -0.39 is 11.7 Å². The second-order valence-corrected chi connectivity index (χ2v) is 5.97. The monoisotopic (exact) mass is 346 g/mol. The lowest BCUT2D eigenvalue weighted by Gasteiger charge is -2.19. The molecule has 3 aromatic rings. The van der Waals surface area contributed by atoms with Gasteiger partial charge in [-0.3, -0.25) is 4.79 Å². The van der Waals surface area contributed by atoms with Gasteiger partial charge in [0.2, 0.25) is 5.43 Å². The number of hydrogen-bond donors (Lipinski definition) is 0. The minimum Gasteiger partial charge on any atom is -0.497 e. The lowest BCUT2D eigenvalue weighted by molar-refractivity contribution is -0.0931. The van der Waals surface area contributed by atoms with E-state index in [-0.39, 0.29) is 29.2 Å². The van der Waals surface area contributed by atoms with E-state index in [0.29, 0.717) is 22.3 Å². The van der Waals surface area contributed by atoms with Crippen molar-refractivity contribution in [1.82, 2.24) is 0 Å². The van der Waals surface area contributed by atoms with E-state index in [4.69, 9.17) is 9.15 Å². The van der Waals surface area contributed by atoms with Crippen LogP contribution >= 0.6 is 0 Å². The number of rotatable bonds is 1. The lowest BCUT2D eigenvalue weighted by Crippen LogP contribution is -2.16. The van der Waals surface area contributed by atoms with Crippen LogP contribution in [-0.4, -0.2) is 13.3 Å². The van der Waals surface area contributed by atoms with Crippen LogP contribution in [0.2, 0.25) is 0 Å². The molecule has 3 nitrogen and oxygen atoms in total. The van der Waals surface area contributed by atoms with E-state index in [0.717, 1.165) is 11.6 Å². The Kier molecular flexibility index (Phi) is 3.39. The zero-order chi connectivity index (χ0) is 17.8. The molecule has 25 heavy (non-hydrogen) atoms. The molecule has 4 rings (SSSR count). The molecule has 0 atom stereocenters. The van der Waals surface area contributed by atoms with Gasteiger partial charge < -0.3 is 9.15 Å². The average Bonchev–Trinajstić information content (AvgIpc) is 2.59. The van der Waals surface area contributed by atoms with Crippen LogP contribution in [0, 0.1) is 0 Å². The van der Waals surface area contributed by atoms with Crippen molar-refractivity contribution in [3.05, 3.63) is 57.3 Å². The molecule has 1 aliphatic carbocycles. The maximum Gasteiger partial charge on any atom is 0.412 e. The molecular weight excluding hydrogens is 333 g/mol. The van der Waals surface area contributed by atoms with Crippen molar-refractivity contribution in [2.75, 3.05) is 7.11 Å². The smallest absolute Gasteiger partial charge is 0.412 e. The van der Waals surface area contributed by atoms with Gasteiger partial charge in [0, 0.05) is 11.6 Å². The summed E-state index contributed by atoms with van der Waals surface area (Å²) < 4.78 is 50.2. The maximum atomic E-state index is 13.1. The van der Waals surface area contributed by atoms with Crippen LogP contribution in [0.3, 0.4) is 0 Å². The molecule has 0 amide bonds. The highest BCUT2D eigenvalue weighted by Crippen LogP contribution is 2.37. The van der Waals surface area contributed by atoms with Crippen LogP contribution < -0.4 is 10.2 Å². The average molecular weight is 346 g/mol. The maximum absolute atomic E-state index is 13.1. The summed E-state index contributed by atoms with van der Waals surface area (Å²) in [6, 6.07) is 8.14. The largest absolute Gasteiger partial charge is 0.497 e. The Labute approximate surface area is 140 Å². The summed E-state index contributed by atoms with van der Waals surface area (Å²) in [7, 11) is 1.50. The summed E-state index contributed by atoms with van der Waals surface area (Å²) in [5.74, 6) is 0.534. The Balaban J connectivity index is 2.07. The molecule has 1 aliphatic rings. The molecule has 128 valence electrons. The fraction of sp³-hybridized carbons (Fsp3) is 0.211. The number of benzene rings is 2. The first-order chi connectivity index (χ1) is 11.9. The van der Waals surface area contributed by atoms with Crippen molar-refractivity contribution >= 4 is 28.0 Å². The van der Waals surface area contributed by atoms with Gasteiger partial charge in [0.25, 0.3) is 0 Å². The van der Waals surface area contributed by atoms with Crippen LogP contribution in [0.25, 0.3) is 28.0 Å². The Morgan fingerprint density at radius 3 is 2.60 bits per heavy atom. The van der Waals surface area contributed by atoms with E-state index >= 15 is 0 Å². The quantitative estimate of drug-likeness (QED) is 0.592. The predicted octanol–water partition coefficient (Wildman–Crippen LogP) is 4.85. The van der Waals surface area contributed by atoms with Gasteiger partial charge in [-0.25, -0.2) is 0 Å². The summed E-state index contributed by atoms with van der Waals surface area (Å²) in [4.78, 5) is 12.9. The van der Waals surface area contributed by atoms with Crippen molar-refractivity contribution < 1.29 is 22.3 Å². The zero-order valence-electron chi connectivity index (χ0n) is 13.2. The minimum absolute atomic E-state index is 0.0852. The molecule has 0 saturated heterocycles. The van der Waals surface area contributed by atoms with Crippen molar-refractivity contribution in [3.63, 3.8) is 0 Å². The molecule has 0 N–H and O–H groups in total. The molecule has 2 aromatic carbocycles. The number of fused-ring (bicyclic) bond motifs is 4. The summed E-state index contributed by atoms with van der Waals surface area (Å²) in [5.41, 5.74) is 0.678. The first kappa shape index (κ1) is 15.7. The van der Waals surface area contributed by atoms with E-state index in [1.807, 2.05) is 0 Å². The normalized spacial score (nSPS) is 14.5. The van der Waals surface area contributed by atoms with Gasteiger partial charge in [0.1, 0.15) is 16.9 Å². The van der Waals surface area contributed by atoms with Gasteiger partial charge in [-0.1, -0.05) is 6.07 Å². The van der Waals surface area contributed by atoms with E-state index in [1.54, 1.807) is 30.3 Å². The van der Waals surface area contributed by atoms with Crippen LogP contribution in [0.5, 0.6) is 5.75 Å². The first-order valence-corrected chi connectivity index (χ1v) is 7.72. The lowest BCUT2D eigenvalue weighted by atomic mass is 9.89. The number of allylic oxidation sites excluding steroid dienone is 1. The van der Waals surface area contributed by atoms with Crippen LogP contribution in [0.1, 0.15) is 17.5 Å². The third kappa shape index (κ3) is 2.49. The highest BCUT2D eigenvalue weighted by molar-refractivity contribution is 5.96. The van der Waals surface area contributed by atoms with Gasteiger partial charge >= 0.3 is 6.18 Å². The standard InChI is InChI=1S/C19H13F3O3/c1-24-12-5-6-13-16(9-12)25-15-7-3-10-2-4-11(19(20,21)22)8-14(10)17(15)18(13)23/h3,5-9H,2,4H2,1H3. The predicted molar refractivity (Wildman–Crippen MR) is 88.9 cm³/mol. The molecular formula is C19H13F3O3. The van der Waals surface area contributed by atoms with Gasteiger partial charge in [-0.05, 0) is 48.2 Å². The number of methoxy groups -OCH3 is 1. The molecule has 6 heteroatoms. The second kappa shape index (κ2) is 5.37. The zero-order valence-corrected chi connectivity index (χ0v) is 13.2. The van der Waals surface area contributed by atoms with Crippen molar-refractivity contribution in [3.8, 4) is 5.75 Å². The van der Waals surface area contributed by atoms with Crippen molar-refractivity contribution in [2.45, 2.75) is 19.0 Å². The summed E-state index contributed by atoms with van der Waals surface area (Å²) in [5, 5.41) is 0.505. The fourth-order valence-corrected chi connectivity index (χ4v) is 3.24. The van der Waals surface area contributed by atoms with Crippen LogP contribution in [0.4, 0.5) is 13.2 Å². The number of aryl methyl sites for hydroxylation is 1. The highest BCUT2D eigenvalue weighted by atomic mass is 19.4. The fourth-order valence-electron chi connectivity index (χ4n) is 3.24. The summed E-state index contributed by atoms with van der Waals surface area (Å²) >= 11 is 0. The van der Waals surface area contributed by atoms with Gasteiger partial charge in [-0.15, -0.1) is 0 Å². The molecule has 0 bridgehead atoms. The van der Waals surface area contributed by atoms with Crippen LogP contribution in [0.15, 0.2) is 45.1 Å². The number of hydrogen-bond acceptors (Lipinski definition) is 3. The molecule has 0 unspecified atom stereocenters. The SMILES string of the molecule is COc1ccc2c(=O)c3c4c(ccc3oc2c1)CCC(C(F)(F)F)=C4. The van der Waals surface area contributed by atoms with E-state index in [1.165, 1.54) is 7.11 Å². The summed E-state index contributed by atoms with van der Waals surface area (Å²) in [6.45, 7) is 0. The Morgan fingerprint density at radius 1 is 1.08 bits per heavy atom. The first-order valence-electron chi connectivity index (χ1n) is 7.72. The molecule has 1 heterocycles. The topological polar surface area (TPSA) is 39.4 Å². The van der Waals surface area contributed by atoms with Crippen molar-refractivity contribution in [2.24, 2.45) is 0 Å². The highest BCUT2D eigenvalue weighted by Gasteiger charge is 2.35. The number of halogens is 3. The van der Waals surface area contributed by atoms with Crippen molar-refractivity contribution in [1.29, 1.82) is 0 Å². The number of alkyl halides is 3. The third-order valence-corrected chi connectivity index (χ3v) is 4.52. The Hall–Kier alpha value is -2.76. The Bertz CT molecular complexity index is 1090. The van der Waals surface area contributed by atoms with Crippen LogP contribution in [-0.2, 0) is 6.42 Å². The van der Waals surface area contributed by atoms with Gasteiger partial charge in [-0.2, -0.15) is 13.2 Å². The second-order valence-electron chi connectivity index (χ2n) is 5.97. The molecule has 1 aromatic heterocycles. The van der Waals surface area contributed by atoms with Gasteiger partial charge in [0.15, 0.2) is 0 Å². The third-order valence-electron chi connectivity index (χ3n) is 4.52. The Morgan fingerprint density at radius 2 is 1.88 bits per heavy atom. The molecule has 0 spiro atoms. The molecule has 0 radical (unpaired) electrons. The molecule has 0 saturated carbocycles. The molecule has 0 aliphatic heterocycles. The summed E-state index contributed by atoms with van der Waals surface area (Å²) in [6.07, 6.45) is -3.16. The van der Waals surface area contributed by atoms with E-state index in [2.05, 4.69) is 0 Å². The minimum atomic E-state index is -4.40. The number of ether oxygens (including phenoxy) is 1. The van der Waals surface area contributed by atoms with E-state index in [9.17, 15) is 18.0 Å².